The average molecular weight is 602 g/mol. The molecule has 44 heavy (non-hydrogen) atoms. The van der Waals surface area contributed by atoms with Crippen LogP contribution in [0.4, 0.5) is 0 Å². The van der Waals surface area contributed by atoms with Crippen molar-refractivity contribution in [3.05, 3.63) is 82.7 Å². The Bertz CT molecular complexity index is 1380. The van der Waals surface area contributed by atoms with Crippen LogP contribution in [-0.2, 0) is 17.6 Å². The molecule has 0 saturated heterocycles. The van der Waals surface area contributed by atoms with Crippen LogP contribution in [0.1, 0.15) is 93.5 Å². The highest BCUT2D eigenvalue weighted by Crippen LogP contribution is 2.29. The molecule has 2 aromatic rings. The van der Waals surface area contributed by atoms with E-state index in [0.717, 1.165) is 63.6 Å². The highest BCUT2D eigenvalue weighted by molar-refractivity contribution is 6.08. The van der Waals surface area contributed by atoms with Crippen molar-refractivity contribution in [2.75, 3.05) is 13.3 Å². The first-order valence-corrected chi connectivity index (χ1v) is 16.4. The smallest absolute Gasteiger partial charge is 0.227 e. The predicted octanol–water partition coefficient (Wildman–Crippen LogP) is 4.40. The van der Waals surface area contributed by atoms with Crippen LogP contribution >= 0.6 is 0 Å². The van der Waals surface area contributed by atoms with Crippen molar-refractivity contribution in [2.24, 2.45) is 22.4 Å². The Morgan fingerprint density at radius 2 is 1.91 bits per heavy atom. The van der Waals surface area contributed by atoms with Crippen LogP contribution in [0.15, 0.2) is 71.0 Å². The number of phenols is 1. The van der Waals surface area contributed by atoms with Gasteiger partial charge in [-0.1, -0.05) is 81.7 Å². The maximum absolute atomic E-state index is 12.6. The molecule has 2 atom stereocenters. The number of nitrogens with two attached hydrogens (primary N) is 2. The number of aliphatic hydroxyl groups is 1. The molecule has 1 fully saturated rings. The van der Waals surface area contributed by atoms with Crippen molar-refractivity contribution in [3.63, 3.8) is 0 Å². The van der Waals surface area contributed by atoms with Gasteiger partial charge in [-0.3, -0.25) is 14.7 Å². The molecule has 1 saturated carbocycles. The number of benzene rings is 2. The van der Waals surface area contributed by atoms with E-state index < -0.39 is 12.3 Å². The van der Waals surface area contributed by atoms with Crippen LogP contribution in [0.3, 0.4) is 0 Å². The minimum atomic E-state index is -0.556. The molecule has 3 aliphatic rings. The fourth-order valence-electron chi connectivity index (χ4n) is 6.67. The number of nitrogens with zero attached hydrogens (tertiary/aromatic N) is 1. The third-order valence-corrected chi connectivity index (χ3v) is 9.22. The fraction of sp³-hybridized carbons (Fsp3) is 0.500. The van der Waals surface area contributed by atoms with Gasteiger partial charge in [0.25, 0.3) is 0 Å². The standard InChI is InChI=1S/C36H48N4O4/c37-36(38)28-11-6-10-27(17-28)18-29-21-39-33-23-40(22-32(29)33)24-44-35-19-26(14-16-34(35)43)13-15-31(42)20-30(41)12-5-4-9-25-7-2-1-3-8-25/h6,10-11,14,16-17,19,21-22,25,30,36,41,43H,1-5,7-9,12-13,15,18,20,23-24,37-38H2/p+1. The van der Waals surface area contributed by atoms with Crippen molar-refractivity contribution in [2.45, 2.75) is 95.7 Å². The Morgan fingerprint density at radius 3 is 2.73 bits per heavy atom. The summed E-state index contributed by atoms with van der Waals surface area (Å²) in [5.41, 5.74) is 18.0. The number of ether oxygens (including phenoxy) is 1. The van der Waals surface area contributed by atoms with Crippen LogP contribution in [0.5, 0.6) is 11.5 Å². The third kappa shape index (κ3) is 9.11. The molecule has 2 aromatic carbocycles. The summed E-state index contributed by atoms with van der Waals surface area (Å²) in [7, 11) is 0. The number of Topliss-reactive ketones (excluding diaryl/α,β-unsaturated/α-hetero) is 1. The molecule has 1 aliphatic carbocycles. The minimum Gasteiger partial charge on any atom is -0.504 e. The first kappa shape index (κ1) is 32.1. The van der Waals surface area contributed by atoms with E-state index in [0.29, 0.717) is 38.3 Å². The van der Waals surface area contributed by atoms with E-state index in [1.165, 1.54) is 38.5 Å². The summed E-state index contributed by atoms with van der Waals surface area (Å²) in [5.74, 6) is 1.42. The summed E-state index contributed by atoms with van der Waals surface area (Å²) in [6.07, 6.45) is 15.8. The molecule has 2 unspecified atom stereocenters. The van der Waals surface area contributed by atoms with Gasteiger partial charge in [-0.15, -0.1) is 0 Å². The summed E-state index contributed by atoms with van der Waals surface area (Å²) >= 11 is 0. The fourth-order valence-corrected chi connectivity index (χ4v) is 6.67. The molecule has 2 aliphatic heterocycles. The van der Waals surface area contributed by atoms with Crippen molar-refractivity contribution < 1.29 is 24.6 Å². The van der Waals surface area contributed by atoms with Gasteiger partial charge in [0, 0.05) is 19.0 Å². The Labute approximate surface area is 261 Å². The summed E-state index contributed by atoms with van der Waals surface area (Å²) < 4.78 is 6.03. The molecule has 0 amide bonds. The van der Waals surface area contributed by atoms with Gasteiger partial charge in [0.05, 0.1) is 17.8 Å². The van der Waals surface area contributed by atoms with Crippen LogP contribution in [-0.4, -0.2) is 41.1 Å². The van der Waals surface area contributed by atoms with Gasteiger partial charge in [-0.2, -0.15) is 0 Å². The molecule has 8 heteroatoms. The number of hydrogen-bond acceptors (Lipinski definition) is 7. The number of quaternary nitrogens is 1. The van der Waals surface area contributed by atoms with E-state index in [9.17, 15) is 15.0 Å². The number of allylic oxidation sites excluding steroid dienone is 1. The Kier molecular flexibility index (Phi) is 11.4. The van der Waals surface area contributed by atoms with Gasteiger partial charge in [-0.25, -0.2) is 0 Å². The van der Waals surface area contributed by atoms with E-state index >= 15 is 0 Å². The molecule has 8 nitrogen and oxygen atoms in total. The number of aliphatic imine (C=N–C) groups is 1. The molecular weight excluding hydrogens is 552 g/mol. The van der Waals surface area contributed by atoms with Gasteiger partial charge < -0.3 is 26.4 Å². The second-order valence-electron chi connectivity index (χ2n) is 12.8. The van der Waals surface area contributed by atoms with E-state index in [-0.39, 0.29) is 18.0 Å². The topological polar surface area (TPSA) is 136 Å². The number of aliphatic hydroxyl groups excluding tert-OH is 1. The van der Waals surface area contributed by atoms with Crippen LogP contribution < -0.4 is 21.1 Å². The Morgan fingerprint density at radius 1 is 1.07 bits per heavy atom. The van der Waals surface area contributed by atoms with E-state index in [4.69, 9.17) is 16.2 Å². The number of fused-ring (bicyclic) bond motifs is 1. The number of aryl methyl sites for hydroxylation is 1. The molecule has 236 valence electrons. The molecule has 0 aromatic heterocycles. The molecule has 0 spiro atoms. The summed E-state index contributed by atoms with van der Waals surface area (Å²) in [6, 6.07) is 13.3. The lowest BCUT2D eigenvalue weighted by Crippen LogP contribution is -3.07. The van der Waals surface area contributed by atoms with Gasteiger partial charge in [0.15, 0.2) is 11.5 Å². The van der Waals surface area contributed by atoms with E-state index in [1.807, 2.05) is 36.5 Å². The van der Waals surface area contributed by atoms with Crippen LogP contribution in [0.2, 0.25) is 0 Å². The number of hydrogen-bond donors (Lipinski definition) is 5. The van der Waals surface area contributed by atoms with Crippen molar-refractivity contribution in [1.82, 2.24) is 0 Å². The second-order valence-corrected chi connectivity index (χ2v) is 12.8. The highest BCUT2D eigenvalue weighted by Gasteiger charge is 2.30. The summed E-state index contributed by atoms with van der Waals surface area (Å²) in [5, 5.41) is 20.8. The maximum Gasteiger partial charge on any atom is 0.227 e. The molecule has 0 radical (unpaired) electrons. The molecule has 7 N–H and O–H groups in total. The zero-order valence-corrected chi connectivity index (χ0v) is 25.8. The number of nitrogens with one attached hydrogen (secondary N) is 1. The number of ketones is 1. The predicted molar refractivity (Wildman–Crippen MR) is 173 cm³/mol. The van der Waals surface area contributed by atoms with Crippen molar-refractivity contribution in [3.8, 4) is 11.5 Å². The number of phenolic OH excluding ortho intramolecular Hbond substituents is 1. The maximum atomic E-state index is 12.6. The second kappa shape index (κ2) is 15.6. The molecular formula is C36H49N4O4+. The molecule has 0 bridgehead atoms. The van der Waals surface area contributed by atoms with Crippen LogP contribution in [0, 0.1) is 5.92 Å². The number of unbranched alkanes of at least 4 members (excludes halogenated alkanes) is 1. The monoisotopic (exact) mass is 601 g/mol. The lowest BCUT2D eigenvalue weighted by Gasteiger charge is -2.21. The quantitative estimate of drug-likeness (QED) is 0.143. The number of carbonyl (C=O) groups excluding carboxylic acids is 1. The van der Waals surface area contributed by atoms with Gasteiger partial charge in [-0.05, 0) is 59.6 Å². The zero-order chi connectivity index (χ0) is 30.9. The lowest BCUT2D eigenvalue weighted by atomic mass is 9.85. The number of rotatable bonds is 16. The van der Waals surface area contributed by atoms with Gasteiger partial charge in [0.2, 0.25) is 6.73 Å². The van der Waals surface area contributed by atoms with Gasteiger partial charge in [0.1, 0.15) is 24.2 Å². The van der Waals surface area contributed by atoms with Crippen LogP contribution in [0.25, 0.3) is 0 Å². The summed E-state index contributed by atoms with van der Waals surface area (Å²) in [6.45, 7) is 1.05. The first-order valence-electron chi connectivity index (χ1n) is 16.4. The third-order valence-electron chi connectivity index (χ3n) is 9.22. The largest absolute Gasteiger partial charge is 0.504 e. The van der Waals surface area contributed by atoms with Crippen molar-refractivity contribution in [1.29, 1.82) is 0 Å². The van der Waals surface area contributed by atoms with Gasteiger partial charge >= 0.3 is 0 Å². The number of carbonyl (C=O) groups is 1. The lowest BCUT2D eigenvalue weighted by molar-refractivity contribution is -0.851. The minimum absolute atomic E-state index is 0.0715. The Hall–Kier alpha value is -3.30. The zero-order valence-electron chi connectivity index (χ0n) is 25.8. The SMILES string of the molecule is NC(N)c1cccc(CC2=CN=C3C[NH+](COc4cc(CCC(=O)CC(O)CCCCC5CCCCC5)ccc4O)C=C23)c1. The molecule has 5 rings (SSSR count). The average Bonchev–Trinajstić information content (AvgIpc) is 3.60. The normalized spacial score (nSPS) is 19.0. The Balaban J connectivity index is 1.04. The summed E-state index contributed by atoms with van der Waals surface area (Å²) in [4.78, 5) is 18.3. The highest BCUT2D eigenvalue weighted by atomic mass is 16.5. The first-order chi connectivity index (χ1) is 21.3. The van der Waals surface area contributed by atoms with Crippen molar-refractivity contribution >= 4 is 11.5 Å². The van der Waals surface area contributed by atoms with E-state index in [2.05, 4.69) is 17.3 Å². The van der Waals surface area contributed by atoms with E-state index in [1.54, 1.807) is 6.07 Å². The number of aromatic hydroxyl groups is 1. The molecule has 2 heterocycles.